The van der Waals surface area contributed by atoms with Crippen LogP contribution in [0.15, 0.2) is 24.4 Å². The molecule has 2 heterocycles. The smallest absolute Gasteiger partial charge is 0.0693 e. The minimum absolute atomic E-state index is 0.155. The fourth-order valence-electron chi connectivity index (χ4n) is 2.14. The summed E-state index contributed by atoms with van der Waals surface area (Å²) in [6.45, 7) is 5.04. The zero-order valence-corrected chi connectivity index (χ0v) is 9.84. The molecule has 3 nitrogen and oxygen atoms in total. The Morgan fingerprint density at radius 3 is 3.06 bits per heavy atom. The van der Waals surface area contributed by atoms with Crippen LogP contribution in [0.5, 0.6) is 0 Å². The van der Waals surface area contributed by atoms with Gasteiger partial charge in [-0.3, -0.25) is 4.98 Å². The zero-order chi connectivity index (χ0) is 11.4. The van der Waals surface area contributed by atoms with Crippen molar-refractivity contribution >= 4 is 0 Å². The van der Waals surface area contributed by atoms with Gasteiger partial charge >= 0.3 is 0 Å². The molecule has 2 unspecified atom stereocenters. The van der Waals surface area contributed by atoms with Crippen molar-refractivity contribution in [2.45, 2.75) is 25.9 Å². The Bertz CT molecular complexity index is 315. The fraction of sp³-hybridized carbons (Fsp3) is 0.615. The molecule has 0 radical (unpaired) electrons. The molecule has 2 atom stereocenters. The number of nitrogens with zero attached hydrogens (tertiary/aromatic N) is 2. The maximum Gasteiger partial charge on any atom is 0.0693 e. The van der Waals surface area contributed by atoms with Gasteiger partial charge in [0.2, 0.25) is 0 Å². The number of piperidine rings is 1. The second kappa shape index (κ2) is 5.41. The summed E-state index contributed by atoms with van der Waals surface area (Å²) >= 11 is 0. The average molecular weight is 220 g/mol. The van der Waals surface area contributed by atoms with Gasteiger partial charge in [0.15, 0.2) is 0 Å². The summed E-state index contributed by atoms with van der Waals surface area (Å²) in [6, 6.07) is 6.02. The molecular formula is C13H20N2O. The molecule has 16 heavy (non-hydrogen) atoms. The lowest BCUT2D eigenvalue weighted by molar-refractivity contribution is 0.0297. The van der Waals surface area contributed by atoms with E-state index in [4.69, 9.17) is 0 Å². The predicted molar refractivity (Wildman–Crippen MR) is 64.2 cm³/mol. The monoisotopic (exact) mass is 220 g/mol. The Balaban J connectivity index is 1.79. The third-order valence-electron chi connectivity index (χ3n) is 3.41. The van der Waals surface area contributed by atoms with Gasteiger partial charge in [-0.1, -0.05) is 13.0 Å². The Hall–Kier alpha value is -0.930. The van der Waals surface area contributed by atoms with E-state index < -0.39 is 0 Å². The van der Waals surface area contributed by atoms with E-state index in [9.17, 15) is 5.11 Å². The second-order valence-corrected chi connectivity index (χ2v) is 4.70. The number of aliphatic hydroxyl groups is 1. The average Bonchev–Trinajstić information content (AvgIpc) is 2.32. The Morgan fingerprint density at radius 2 is 2.38 bits per heavy atom. The summed E-state index contributed by atoms with van der Waals surface area (Å²) in [5.74, 6) is 0.450. The number of β-amino-alcohol motifs (C(OH)–C–C–N with tert-alkyl or cyclic N) is 1. The van der Waals surface area contributed by atoms with Crippen molar-refractivity contribution in [3.63, 3.8) is 0 Å². The van der Waals surface area contributed by atoms with E-state index in [0.29, 0.717) is 5.92 Å². The van der Waals surface area contributed by atoms with Crippen molar-refractivity contribution in [1.29, 1.82) is 0 Å². The molecule has 0 bridgehead atoms. The molecule has 1 N–H and O–H groups in total. The number of hydrogen-bond acceptors (Lipinski definition) is 3. The van der Waals surface area contributed by atoms with Crippen LogP contribution in [0.1, 0.15) is 19.0 Å². The van der Waals surface area contributed by atoms with E-state index in [1.54, 1.807) is 0 Å². The van der Waals surface area contributed by atoms with Crippen LogP contribution >= 0.6 is 0 Å². The van der Waals surface area contributed by atoms with Gasteiger partial charge in [-0.05, 0) is 31.0 Å². The molecule has 0 spiro atoms. The number of aromatic nitrogens is 1. The van der Waals surface area contributed by atoms with Crippen molar-refractivity contribution < 1.29 is 5.11 Å². The van der Waals surface area contributed by atoms with Crippen molar-refractivity contribution in [1.82, 2.24) is 9.88 Å². The highest BCUT2D eigenvalue weighted by molar-refractivity contribution is 5.03. The molecule has 3 heteroatoms. The number of hydrogen-bond donors (Lipinski definition) is 1. The molecule has 0 amide bonds. The van der Waals surface area contributed by atoms with Crippen molar-refractivity contribution in [2.75, 3.05) is 19.6 Å². The first kappa shape index (κ1) is 11.6. The zero-order valence-electron chi connectivity index (χ0n) is 9.84. The maximum absolute atomic E-state index is 9.79. The van der Waals surface area contributed by atoms with Crippen LogP contribution in [0, 0.1) is 5.92 Å². The molecule has 0 aromatic carbocycles. The van der Waals surface area contributed by atoms with Crippen LogP contribution in [0.4, 0.5) is 0 Å². The van der Waals surface area contributed by atoms with Gasteiger partial charge in [-0.25, -0.2) is 0 Å². The summed E-state index contributed by atoms with van der Waals surface area (Å²) in [4.78, 5) is 6.64. The van der Waals surface area contributed by atoms with Crippen LogP contribution < -0.4 is 0 Å². The summed E-state index contributed by atoms with van der Waals surface area (Å²) in [7, 11) is 0. The largest absolute Gasteiger partial charge is 0.392 e. The van der Waals surface area contributed by atoms with E-state index in [1.165, 1.54) is 0 Å². The molecular weight excluding hydrogens is 200 g/mol. The van der Waals surface area contributed by atoms with Gasteiger partial charge in [0.1, 0.15) is 0 Å². The third-order valence-corrected chi connectivity index (χ3v) is 3.41. The molecule has 0 aliphatic carbocycles. The molecule has 0 saturated carbocycles. The number of aliphatic hydroxyl groups excluding tert-OH is 1. The molecule has 2 rings (SSSR count). The standard InChI is InChI=1S/C13H20N2O/c1-11-5-8-15(10-13(11)16)9-6-12-4-2-3-7-14-12/h2-4,7,11,13,16H,5-6,8-10H2,1H3. The van der Waals surface area contributed by atoms with Gasteiger partial charge in [0.25, 0.3) is 0 Å². The van der Waals surface area contributed by atoms with Crippen LogP contribution in [0.3, 0.4) is 0 Å². The quantitative estimate of drug-likeness (QED) is 0.835. The molecule has 1 aromatic heterocycles. The van der Waals surface area contributed by atoms with E-state index >= 15 is 0 Å². The van der Waals surface area contributed by atoms with Crippen LogP contribution in [-0.4, -0.2) is 40.7 Å². The number of pyridine rings is 1. The molecule has 1 fully saturated rings. The molecule has 1 aromatic rings. The first-order valence-corrected chi connectivity index (χ1v) is 6.06. The molecule has 88 valence electrons. The van der Waals surface area contributed by atoms with E-state index in [1.807, 2.05) is 18.3 Å². The van der Waals surface area contributed by atoms with Crippen LogP contribution in [0.25, 0.3) is 0 Å². The van der Waals surface area contributed by atoms with E-state index in [0.717, 1.165) is 38.2 Å². The highest BCUT2D eigenvalue weighted by Gasteiger charge is 2.23. The van der Waals surface area contributed by atoms with E-state index in [-0.39, 0.29) is 6.10 Å². The number of rotatable bonds is 3. The summed E-state index contributed by atoms with van der Waals surface area (Å²) in [6.07, 6.45) is 3.76. The fourth-order valence-corrected chi connectivity index (χ4v) is 2.14. The summed E-state index contributed by atoms with van der Waals surface area (Å²) in [5, 5.41) is 9.79. The normalized spacial score (nSPS) is 26.9. The highest BCUT2D eigenvalue weighted by atomic mass is 16.3. The summed E-state index contributed by atoms with van der Waals surface area (Å²) in [5.41, 5.74) is 1.13. The lowest BCUT2D eigenvalue weighted by Crippen LogP contribution is -2.43. The first-order chi connectivity index (χ1) is 7.75. The predicted octanol–water partition coefficient (Wildman–Crippen LogP) is 1.33. The molecule has 1 aliphatic rings. The highest BCUT2D eigenvalue weighted by Crippen LogP contribution is 2.16. The van der Waals surface area contributed by atoms with Crippen molar-refractivity contribution in [3.05, 3.63) is 30.1 Å². The minimum atomic E-state index is -0.155. The molecule has 1 saturated heterocycles. The molecule has 1 aliphatic heterocycles. The lowest BCUT2D eigenvalue weighted by atomic mass is 9.96. The number of likely N-dealkylation sites (tertiary alicyclic amines) is 1. The van der Waals surface area contributed by atoms with Crippen LogP contribution in [0.2, 0.25) is 0 Å². The Kier molecular flexibility index (Phi) is 3.91. The van der Waals surface area contributed by atoms with E-state index in [2.05, 4.69) is 22.9 Å². The van der Waals surface area contributed by atoms with Crippen molar-refractivity contribution in [3.8, 4) is 0 Å². The second-order valence-electron chi connectivity index (χ2n) is 4.70. The topological polar surface area (TPSA) is 36.4 Å². The van der Waals surface area contributed by atoms with Crippen LogP contribution in [-0.2, 0) is 6.42 Å². The van der Waals surface area contributed by atoms with Gasteiger partial charge in [-0.2, -0.15) is 0 Å². The minimum Gasteiger partial charge on any atom is -0.392 e. The van der Waals surface area contributed by atoms with Gasteiger partial charge < -0.3 is 10.0 Å². The Labute approximate surface area is 97.1 Å². The van der Waals surface area contributed by atoms with Gasteiger partial charge in [-0.15, -0.1) is 0 Å². The third kappa shape index (κ3) is 3.03. The SMILES string of the molecule is CC1CCN(CCc2ccccn2)CC1O. The maximum atomic E-state index is 9.79. The first-order valence-electron chi connectivity index (χ1n) is 6.06. The van der Waals surface area contributed by atoms with Gasteiger partial charge in [0.05, 0.1) is 6.10 Å². The Morgan fingerprint density at radius 1 is 1.50 bits per heavy atom. The summed E-state index contributed by atoms with van der Waals surface area (Å²) < 4.78 is 0. The van der Waals surface area contributed by atoms with Gasteiger partial charge in [0, 0.05) is 31.4 Å². The lowest BCUT2D eigenvalue weighted by Gasteiger charge is -2.34. The van der Waals surface area contributed by atoms with Crippen molar-refractivity contribution in [2.24, 2.45) is 5.92 Å².